The number of carbonyl (C=O) groups excluding carboxylic acids is 2. The van der Waals surface area contributed by atoms with E-state index in [2.05, 4.69) is 6.92 Å². The number of aliphatic hydroxyl groups is 1. The summed E-state index contributed by atoms with van der Waals surface area (Å²) in [5.41, 5.74) is 1.66. The predicted octanol–water partition coefficient (Wildman–Crippen LogP) is 5.81. The summed E-state index contributed by atoms with van der Waals surface area (Å²) in [6.45, 7) is 5.79. The number of esters is 1. The summed E-state index contributed by atoms with van der Waals surface area (Å²) in [6.07, 6.45) is 4.06. The van der Waals surface area contributed by atoms with Crippen molar-refractivity contribution in [2.75, 3.05) is 12.0 Å². The summed E-state index contributed by atoms with van der Waals surface area (Å²) in [5.74, 6) is -0.294. The molecule has 0 aliphatic carbocycles. The average molecular weight is 474 g/mol. The molecule has 1 aromatic carbocycles. The molecule has 2 unspecified atom stereocenters. The number of ether oxygens (including phenoxy) is 2. The largest absolute Gasteiger partial charge is 0.459 e. The van der Waals surface area contributed by atoms with Crippen LogP contribution in [0.5, 0.6) is 0 Å². The summed E-state index contributed by atoms with van der Waals surface area (Å²) in [6, 6.07) is 11.1. The molecule has 0 spiro atoms. The van der Waals surface area contributed by atoms with Crippen LogP contribution in [0.3, 0.4) is 0 Å². The fourth-order valence-electron chi connectivity index (χ4n) is 4.29. The van der Waals surface area contributed by atoms with E-state index in [1.165, 1.54) is 11.3 Å². The number of benzene rings is 1. The number of unbranched alkanes of at least 4 members (excludes halogenated alkanes) is 2. The van der Waals surface area contributed by atoms with Gasteiger partial charge in [0.05, 0.1) is 18.2 Å². The van der Waals surface area contributed by atoms with Crippen molar-refractivity contribution in [3.05, 3.63) is 51.7 Å². The normalized spacial score (nSPS) is 18.1. The highest BCUT2D eigenvalue weighted by Gasteiger charge is 2.39. The quantitative estimate of drug-likeness (QED) is 0.329. The molecule has 1 N–H and O–H groups in total. The molecule has 1 saturated heterocycles. The molecule has 1 aliphatic rings. The minimum atomic E-state index is -0.488. The lowest BCUT2D eigenvalue weighted by molar-refractivity contribution is -0.117. The first-order valence-corrected chi connectivity index (χ1v) is 12.6. The van der Waals surface area contributed by atoms with Crippen molar-refractivity contribution in [2.24, 2.45) is 0 Å². The van der Waals surface area contributed by atoms with Crippen molar-refractivity contribution >= 4 is 28.9 Å². The number of aliphatic hydroxyl groups excluding tert-OH is 1. The van der Waals surface area contributed by atoms with Crippen molar-refractivity contribution in [3.8, 4) is 0 Å². The standard InChI is InChI=1S/C26H35NO5S/c1-5-6-7-8-21(28)18-9-11-19(12-10-18)27-20(13-16-24(27)29)25(31-4)22-14-15-23(33-22)26(30)32-17(2)3/h9-12,14-15,17,20-21,25,28H,5-8,13,16H2,1-4H3/t20?,21?,25-/m1/s1. The van der Waals surface area contributed by atoms with Crippen molar-refractivity contribution in [1.82, 2.24) is 0 Å². The Bertz CT molecular complexity index is 923. The van der Waals surface area contributed by atoms with E-state index in [0.29, 0.717) is 17.7 Å². The van der Waals surface area contributed by atoms with Crippen LogP contribution in [0.15, 0.2) is 36.4 Å². The minimum Gasteiger partial charge on any atom is -0.459 e. The molecule has 1 fully saturated rings. The number of nitrogens with zero attached hydrogens (tertiary/aromatic N) is 1. The second-order valence-electron chi connectivity index (χ2n) is 8.79. The summed E-state index contributed by atoms with van der Waals surface area (Å²) < 4.78 is 11.1. The molecule has 33 heavy (non-hydrogen) atoms. The zero-order valence-electron chi connectivity index (χ0n) is 20.0. The Labute approximate surface area is 200 Å². The van der Waals surface area contributed by atoms with E-state index in [9.17, 15) is 14.7 Å². The van der Waals surface area contributed by atoms with Gasteiger partial charge in [-0.1, -0.05) is 38.3 Å². The van der Waals surface area contributed by atoms with Crippen LogP contribution in [0, 0.1) is 0 Å². The van der Waals surface area contributed by atoms with Gasteiger partial charge >= 0.3 is 5.97 Å². The van der Waals surface area contributed by atoms with Crippen LogP contribution in [0.2, 0.25) is 0 Å². The first-order valence-electron chi connectivity index (χ1n) is 11.8. The van der Waals surface area contributed by atoms with Gasteiger partial charge in [-0.05, 0) is 56.5 Å². The fraction of sp³-hybridized carbons (Fsp3) is 0.538. The summed E-state index contributed by atoms with van der Waals surface area (Å²) >= 11 is 1.35. The van der Waals surface area contributed by atoms with Crippen LogP contribution in [0.25, 0.3) is 0 Å². The van der Waals surface area contributed by atoms with E-state index in [4.69, 9.17) is 9.47 Å². The monoisotopic (exact) mass is 473 g/mol. The van der Waals surface area contributed by atoms with Gasteiger partial charge in [0, 0.05) is 24.1 Å². The van der Waals surface area contributed by atoms with Crippen LogP contribution in [-0.2, 0) is 14.3 Å². The van der Waals surface area contributed by atoms with Gasteiger partial charge in [-0.25, -0.2) is 4.79 Å². The summed E-state index contributed by atoms with van der Waals surface area (Å²) in [4.78, 5) is 28.3. The predicted molar refractivity (Wildman–Crippen MR) is 131 cm³/mol. The van der Waals surface area contributed by atoms with Crippen molar-refractivity contribution in [2.45, 2.75) is 83.6 Å². The number of hydrogen-bond acceptors (Lipinski definition) is 6. The molecule has 180 valence electrons. The van der Waals surface area contributed by atoms with E-state index in [-0.39, 0.29) is 30.1 Å². The van der Waals surface area contributed by atoms with E-state index >= 15 is 0 Å². The highest BCUT2D eigenvalue weighted by molar-refractivity contribution is 7.14. The molecule has 2 heterocycles. The lowest BCUT2D eigenvalue weighted by Crippen LogP contribution is -2.37. The molecule has 1 aromatic heterocycles. The molecule has 0 saturated carbocycles. The van der Waals surface area contributed by atoms with Gasteiger partial charge in [-0.2, -0.15) is 0 Å². The molecule has 1 amide bonds. The zero-order chi connectivity index (χ0) is 24.0. The van der Waals surface area contributed by atoms with Crippen LogP contribution >= 0.6 is 11.3 Å². The van der Waals surface area contributed by atoms with Crippen LogP contribution < -0.4 is 4.90 Å². The van der Waals surface area contributed by atoms with Crippen molar-refractivity contribution in [3.63, 3.8) is 0 Å². The van der Waals surface area contributed by atoms with E-state index in [1.807, 2.05) is 44.2 Å². The molecule has 1 aliphatic heterocycles. The molecular weight excluding hydrogens is 438 g/mol. The molecule has 6 nitrogen and oxygen atoms in total. The molecule has 2 aromatic rings. The van der Waals surface area contributed by atoms with E-state index in [1.54, 1.807) is 18.1 Å². The number of methoxy groups -OCH3 is 1. The van der Waals surface area contributed by atoms with Gasteiger partial charge in [-0.15, -0.1) is 11.3 Å². The topological polar surface area (TPSA) is 76.1 Å². The van der Waals surface area contributed by atoms with Gasteiger partial charge in [0.25, 0.3) is 0 Å². The van der Waals surface area contributed by atoms with E-state index < -0.39 is 6.10 Å². The lowest BCUT2D eigenvalue weighted by Gasteiger charge is -2.30. The van der Waals surface area contributed by atoms with Gasteiger partial charge in [-0.3, -0.25) is 4.79 Å². The maximum Gasteiger partial charge on any atom is 0.348 e. The highest BCUT2D eigenvalue weighted by Crippen LogP contribution is 2.39. The maximum atomic E-state index is 12.8. The number of amides is 1. The second-order valence-corrected chi connectivity index (χ2v) is 9.90. The Morgan fingerprint density at radius 2 is 1.91 bits per heavy atom. The zero-order valence-corrected chi connectivity index (χ0v) is 20.8. The molecular formula is C26H35NO5S. The summed E-state index contributed by atoms with van der Waals surface area (Å²) in [7, 11) is 1.63. The molecule has 3 atom stereocenters. The molecule has 7 heteroatoms. The Hall–Kier alpha value is -2.22. The van der Waals surface area contributed by atoms with Gasteiger partial charge in [0.1, 0.15) is 11.0 Å². The minimum absolute atomic E-state index is 0.0503. The third-order valence-electron chi connectivity index (χ3n) is 5.95. The third kappa shape index (κ3) is 6.22. The fourth-order valence-corrected chi connectivity index (χ4v) is 5.32. The highest BCUT2D eigenvalue weighted by atomic mass is 32.1. The first-order chi connectivity index (χ1) is 15.8. The van der Waals surface area contributed by atoms with E-state index in [0.717, 1.165) is 41.8 Å². The van der Waals surface area contributed by atoms with Crippen molar-refractivity contribution < 1.29 is 24.2 Å². The second kappa shape index (κ2) is 11.8. The van der Waals surface area contributed by atoms with Gasteiger partial charge in [0.2, 0.25) is 5.91 Å². The Morgan fingerprint density at radius 1 is 1.18 bits per heavy atom. The smallest absolute Gasteiger partial charge is 0.348 e. The first kappa shape index (κ1) is 25.4. The van der Waals surface area contributed by atoms with Gasteiger partial charge < -0.3 is 19.5 Å². The molecule has 0 radical (unpaired) electrons. The van der Waals surface area contributed by atoms with Crippen LogP contribution in [0.4, 0.5) is 5.69 Å². The number of thiophene rings is 1. The maximum absolute atomic E-state index is 12.8. The van der Waals surface area contributed by atoms with Crippen LogP contribution in [0.1, 0.15) is 91.6 Å². The Morgan fingerprint density at radius 3 is 2.55 bits per heavy atom. The number of rotatable bonds is 11. The number of hydrogen-bond donors (Lipinski definition) is 1. The Balaban J connectivity index is 1.77. The molecule has 0 bridgehead atoms. The molecule has 3 rings (SSSR count). The van der Waals surface area contributed by atoms with Crippen molar-refractivity contribution in [1.29, 1.82) is 0 Å². The number of anilines is 1. The summed E-state index contributed by atoms with van der Waals surface area (Å²) in [5, 5.41) is 10.4. The third-order valence-corrected chi connectivity index (χ3v) is 7.07. The number of carbonyl (C=O) groups is 2. The Kier molecular flexibility index (Phi) is 9.06. The average Bonchev–Trinajstić information content (AvgIpc) is 3.42. The van der Waals surface area contributed by atoms with Gasteiger partial charge in [0.15, 0.2) is 0 Å². The van der Waals surface area contributed by atoms with Crippen LogP contribution in [-0.4, -0.2) is 36.2 Å². The lowest BCUT2D eigenvalue weighted by atomic mass is 10.0. The SMILES string of the molecule is CCCCCC(O)c1ccc(N2C(=O)CCC2[C@@H](OC)c2ccc(C(=O)OC(C)C)s2)cc1.